The number of amides is 1. The zero-order valence-corrected chi connectivity index (χ0v) is 14.0. The Bertz CT molecular complexity index is 766. The van der Waals surface area contributed by atoms with Crippen LogP contribution in [-0.4, -0.2) is 28.4 Å². The lowest BCUT2D eigenvalue weighted by molar-refractivity contribution is 0.0687. The standard InChI is InChI=1S/C18H18ClNO4/c1-2-15-13(18(22)23)10-16(24-15)17(21)20-9-3-4-14(20)11-5-7-12(19)8-6-11/h5-8,10,14H,2-4,9H2,1H3,(H,22,23). The van der Waals surface area contributed by atoms with Gasteiger partial charge in [-0.2, -0.15) is 0 Å². The van der Waals surface area contributed by atoms with Gasteiger partial charge in [0, 0.05) is 24.1 Å². The van der Waals surface area contributed by atoms with E-state index in [4.69, 9.17) is 16.0 Å². The second-order valence-electron chi connectivity index (χ2n) is 5.81. The molecule has 1 aliphatic heterocycles. The summed E-state index contributed by atoms with van der Waals surface area (Å²) < 4.78 is 5.51. The number of aromatic carboxylic acids is 1. The molecule has 3 rings (SSSR count). The number of halogens is 1. The quantitative estimate of drug-likeness (QED) is 0.901. The summed E-state index contributed by atoms with van der Waals surface area (Å²) in [4.78, 5) is 25.8. The normalized spacial score (nSPS) is 17.2. The van der Waals surface area contributed by atoms with Crippen LogP contribution in [0, 0.1) is 0 Å². The molecule has 0 saturated carbocycles. The zero-order chi connectivity index (χ0) is 17.3. The van der Waals surface area contributed by atoms with Crippen molar-refractivity contribution in [3.63, 3.8) is 0 Å². The summed E-state index contributed by atoms with van der Waals surface area (Å²) in [6.07, 6.45) is 2.18. The molecule has 5 nitrogen and oxygen atoms in total. The highest BCUT2D eigenvalue weighted by atomic mass is 35.5. The van der Waals surface area contributed by atoms with Gasteiger partial charge in [0.2, 0.25) is 0 Å². The Labute approximate surface area is 144 Å². The van der Waals surface area contributed by atoms with Crippen molar-refractivity contribution < 1.29 is 19.1 Å². The predicted octanol–water partition coefficient (Wildman–Crippen LogP) is 4.17. The van der Waals surface area contributed by atoms with E-state index in [2.05, 4.69) is 0 Å². The average molecular weight is 348 g/mol. The molecule has 1 unspecified atom stereocenters. The van der Waals surface area contributed by atoms with E-state index in [9.17, 15) is 14.7 Å². The molecule has 1 fully saturated rings. The van der Waals surface area contributed by atoms with E-state index in [1.54, 1.807) is 11.8 Å². The molecule has 6 heteroatoms. The highest BCUT2D eigenvalue weighted by Crippen LogP contribution is 2.34. The van der Waals surface area contributed by atoms with E-state index in [1.807, 2.05) is 24.3 Å². The van der Waals surface area contributed by atoms with Gasteiger partial charge in [-0.3, -0.25) is 4.79 Å². The molecule has 2 aromatic rings. The van der Waals surface area contributed by atoms with Crippen molar-refractivity contribution in [3.05, 3.63) is 58.0 Å². The SMILES string of the molecule is CCc1oc(C(=O)N2CCCC2c2ccc(Cl)cc2)cc1C(=O)O. The van der Waals surface area contributed by atoms with E-state index in [-0.39, 0.29) is 23.3 Å². The van der Waals surface area contributed by atoms with Crippen LogP contribution in [0.2, 0.25) is 5.02 Å². The number of furan rings is 1. The monoisotopic (exact) mass is 347 g/mol. The first-order chi connectivity index (χ1) is 11.5. The minimum Gasteiger partial charge on any atom is -0.478 e. The van der Waals surface area contributed by atoms with Crippen LogP contribution < -0.4 is 0 Å². The van der Waals surface area contributed by atoms with Gasteiger partial charge >= 0.3 is 5.97 Å². The first-order valence-electron chi connectivity index (χ1n) is 7.93. The number of nitrogens with zero attached hydrogens (tertiary/aromatic N) is 1. The average Bonchev–Trinajstić information content (AvgIpc) is 3.22. The van der Waals surface area contributed by atoms with Crippen molar-refractivity contribution in [1.29, 1.82) is 0 Å². The summed E-state index contributed by atoms with van der Waals surface area (Å²) in [7, 11) is 0. The van der Waals surface area contributed by atoms with Gasteiger partial charge < -0.3 is 14.4 Å². The van der Waals surface area contributed by atoms with Crippen molar-refractivity contribution in [2.45, 2.75) is 32.2 Å². The van der Waals surface area contributed by atoms with Gasteiger partial charge in [-0.1, -0.05) is 30.7 Å². The van der Waals surface area contributed by atoms with E-state index < -0.39 is 5.97 Å². The molecule has 126 valence electrons. The lowest BCUT2D eigenvalue weighted by Crippen LogP contribution is -2.30. The Balaban J connectivity index is 1.88. The number of aryl methyl sites for hydroxylation is 1. The van der Waals surface area contributed by atoms with Crippen molar-refractivity contribution in [2.24, 2.45) is 0 Å². The molecule has 1 N–H and O–H groups in total. The number of hydrogen-bond acceptors (Lipinski definition) is 3. The third kappa shape index (κ3) is 3.04. The summed E-state index contributed by atoms with van der Waals surface area (Å²) in [6.45, 7) is 2.42. The van der Waals surface area contributed by atoms with Crippen LogP contribution in [0.4, 0.5) is 0 Å². The number of carboxylic acid groups (broad SMARTS) is 1. The van der Waals surface area contributed by atoms with E-state index in [1.165, 1.54) is 6.07 Å². The number of likely N-dealkylation sites (tertiary alicyclic amines) is 1. The third-order valence-electron chi connectivity index (χ3n) is 4.34. The molecule has 1 saturated heterocycles. The highest BCUT2D eigenvalue weighted by molar-refractivity contribution is 6.30. The van der Waals surface area contributed by atoms with Gasteiger partial charge in [-0.25, -0.2) is 4.79 Å². The summed E-state index contributed by atoms with van der Waals surface area (Å²) in [5, 5.41) is 9.87. The minimum atomic E-state index is -1.08. The molecule has 1 aliphatic rings. The Morgan fingerprint density at radius 3 is 2.62 bits per heavy atom. The Kier molecular flexibility index (Phi) is 4.62. The summed E-state index contributed by atoms with van der Waals surface area (Å²) in [6, 6.07) is 8.74. The molecule has 24 heavy (non-hydrogen) atoms. The maximum Gasteiger partial charge on any atom is 0.339 e. The van der Waals surface area contributed by atoms with Crippen molar-refractivity contribution in [3.8, 4) is 0 Å². The van der Waals surface area contributed by atoms with Gasteiger partial charge in [-0.05, 0) is 30.5 Å². The maximum absolute atomic E-state index is 12.8. The van der Waals surface area contributed by atoms with E-state index in [0.717, 1.165) is 18.4 Å². The smallest absolute Gasteiger partial charge is 0.339 e. The fraction of sp³-hybridized carbons (Fsp3) is 0.333. The molecule has 0 radical (unpaired) electrons. The molecule has 2 heterocycles. The topological polar surface area (TPSA) is 70.8 Å². The zero-order valence-electron chi connectivity index (χ0n) is 13.3. The van der Waals surface area contributed by atoms with E-state index >= 15 is 0 Å². The summed E-state index contributed by atoms with van der Waals surface area (Å²) in [5.41, 5.74) is 1.08. The van der Waals surface area contributed by atoms with Crippen LogP contribution in [0.25, 0.3) is 0 Å². The molecule has 1 amide bonds. The van der Waals surface area contributed by atoms with Crippen LogP contribution in [0.3, 0.4) is 0 Å². The molecule has 1 aromatic heterocycles. The van der Waals surface area contributed by atoms with Gasteiger partial charge in [-0.15, -0.1) is 0 Å². The van der Waals surface area contributed by atoms with Gasteiger partial charge in [0.05, 0.1) is 6.04 Å². The molecular weight excluding hydrogens is 330 g/mol. The molecule has 0 spiro atoms. The van der Waals surface area contributed by atoms with Crippen molar-refractivity contribution in [2.75, 3.05) is 6.54 Å². The Morgan fingerprint density at radius 1 is 1.33 bits per heavy atom. The minimum absolute atomic E-state index is 0.0433. The van der Waals surface area contributed by atoms with Crippen LogP contribution in [-0.2, 0) is 6.42 Å². The number of benzene rings is 1. The van der Waals surface area contributed by atoms with Crippen molar-refractivity contribution in [1.82, 2.24) is 4.90 Å². The number of carboxylic acids is 1. The third-order valence-corrected chi connectivity index (χ3v) is 4.59. The second-order valence-corrected chi connectivity index (χ2v) is 6.25. The Hall–Kier alpha value is -2.27. The van der Waals surface area contributed by atoms with E-state index in [0.29, 0.717) is 23.7 Å². The summed E-state index contributed by atoms with van der Waals surface area (Å²) >= 11 is 5.93. The number of hydrogen-bond donors (Lipinski definition) is 1. The van der Waals surface area contributed by atoms with Crippen LogP contribution in [0.5, 0.6) is 0 Å². The molecule has 1 aromatic carbocycles. The summed E-state index contributed by atoms with van der Waals surface area (Å²) in [5.74, 6) is -0.932. The van der Waals surface area contributed by atoms with Crippen LogP contribution in [0.1, 0.15) is 58.0 Å². The molecular formula is C18H18ClNO4. The molecule has 0 bridgehead atoms. The second kappa shape index (κ2) is 6.69. The largest absolute Gasteiger partial charge is 0.478 e. The maximum atomic E-state index is 12.8. The lowest BCUT2D eigenvalue weighted by atomic mass is 10.0. The number of carbonyl (C=O) groups excluding carboxylic acids is 1. The fourth-order valence-corrected chi connectivity index (χ4v) is 3.29. The highest BCUT2D eigenvalue weighted by Gasteiger charge is 2.33. The van der Waals surface area contributed by atoms with Crippen LogP contribution in [0.15, 0.2) is 34.7 Å². The number of rotatable bonds is 4. The lowest BCUT2D eigenvalue weighted by Gasteiger charge is -2.24. The number of carbonyl (C=O) groups is 2. The van der Waals surface area contributed by atoms with Gasteiger partial charge in [0.25, 0.3) is 5.91 Å². The van der Waals surface area contributed by atoms with Crippen molar-refractivity contribution >= 4 is 23.5 Å². The fourth-order valence-electron chi connectivity index (χ4n) is 3.16. The molecule has 1 atom stereocenters. The first kappa shape index (κ1) is 16.6. The van der Waals surface area contributed by atoms with Gasteiger partial charge in [0.15, 0.2) is 5.76 Å². The molecule has 0 aliphatic carbocycles. The van der Waals surface area contributed by atoms with Gasteiger partial charge in [0.1, 0.15) is 11.3 Å². The Morgan fingerprint density at radius 2 is 2.04 bits per heavy atom. The van der Waals surface area contributed by atoms with Crippen LogP contribution >= 0.6 is 11.6 Å². The predicted molar refractivity (Wildman–Crippen MR) is 89.5 cm³/mol. The first-order valence-corrected chi connectivity index (χ1v) is 8.31.